The van der Waals surface area contributed by atoms with Crippen LogP contribution in [0.5, 0.6) is 0 Å². The van der Waals surface area contributed by atoms with E-state index in [1.807, 2.05) is 0 Å². The van der Waals surface area contributed by atoms with E-state index in [9.17, 15) is 8.42 Å². The maximum absolute atomic E-state index is 13.1. The average molecular weight is 373 g/mol. The Morgan fingerprint density at radius 3 is 2.71 bits per heavy atom. The number of nitrogens with two attached hydrogens (primary N) is 1. The summed E-state index contributed by atoms with van der Waals surface area (Å²) >= 11 is 3.36. The number of halogens is 1. The highest BCUT2D eigenvalue weighted by Crippen LogP contribution is 2.40. The van der Waals surface area contributed by atoms with E-state index in [0.717, 1.165) is 32.1 Å². The third-order valence-corrected chi connectivity index (χ3v) is 7.40. The first-order chi connectivity index (χ1) is 9.91. The van der Waals surface area contributed by atoms with Gasteiger partial charge in [-0.15, -0.1) is 0 Å². The second-order valence-electron chi connectivity index (χ2n) is 6.13. The van der Waals surface area contributed by atoms with Gasteiger partial charge >= 0.3 is 0 Å². The van der Waals surface area contributed by atoms with E-state index >= 15 is 0 Å². The summed E-state index contributed by atoms with van der Waals surface area (Å²) in [5.41, 5.74) is 7.11. The SMILES string of the molecule is Cc1c(N)cc(Br)cc1S(=O)(=O)N1CCCC2CCCC21. The van der Waals surface area contributed by atoms with Gasteiger partial charge in [-0.1, -0.05) is 22.4 Å². The Hall–Kier alpha value is -0.590. The van der Waals surface area contributed by atoms with Crippen LogP contribution < -0.4 is 5.73 Å². The lowest BCUT2D eigenvalue weighted by Crippen LogP contribution is -2.46. The predicted octanol–water partition coefficient (Wildman–Crippen LogP) is 3.29. The number of nitrogen functional groups attached to an aromatic ring is 1. The molecular formula is C15H21BrN2O2S. The fourth-order valence-electron chi connectivity index (χ4n) is 3.78. The first-order valence-corrected chi connectivity index (χ1v) is 9.72. The Morgan fingerprint density at radius 2 is 1.95 bits per heavy atom. The minimum absolute atomic E-state index is 0.184. The summed E-state index contributed by atoms with van der Waals surface area (Å²) in [5, 5.41) is 0. The van der Waals surface area contributed by atoms with Crippen molar-refractivity contribution < 1.29 is 8.42 Å². The lowest BCUT2D eigenvalue weighted by atomic mass is 9.94. The Balaban J connectivity index is 2.04. The Labute approximate surface area is 134 Å². The number of rotatable bonds is 2. The largest absolute Gasteiger partial charge is 0.398 e. The van der Waals surface area contributed by atoms with Crippen molar-refractivity contribution in [2.45, 2.75) is 50.0 Å². The third kappa shape index (κ3) is 2.62. The molecule has 0 radical (unpaired) electrons. The monoisotopic (exact) mass is 372 g/mol. The molecule has 2 unspecified atom stereocenters. The summed E-state index contributed by atoms with van der Waals surface area (Å²) in [7, 11) is -3.47. The highest BCUT2D eigenvalue weighted by atomic mass is 79.9. The molecule has 6 heteroatoms. The number of piperidine rings is 1. The molecule has 1 aliphatic heterocycles. The summed E-state index contributed by atoms with van der Waals surface area (Å²) in [6.07, 6.45) is 5.42. The topological polar surface area (TPSA) is 63.4 Å². The predicted molar refractivity (Wildman–Crippen MR) is 87.5 cm³/mol. The van der Waals surface area contributed by atoms with Gasteiger partial charge in [0.2, 0.25) is 10.0 Å². The molecule has 0 spiro atoms. The maximum Gasteiger partial charge on any atom is 0.243 e. The number of hydrogen-bond acceptors (Lipinski definition) is 3. The van der Waals surface area contributed by atoms with Crippen LogP contribution in [0.25, 0.3) is 0 Å². The molecule has 0 amide bonds. The van der Waals surface area contributed by atoms with E-state index in [2.05, 4.69) is 15.9 Å². The van der Waals surface area contributed by atoms with Crippen LogP contribution in [0.4, 0.5) is 5.69 Å². The van der Waals surface area contributed by atoms with Crippen molar-refractivity contribution >= 4 is 31.6 Å². The van der Waals surface area contributed by atoms with Gasteiger partial charge in [-0.25, -0.2) is 8.42 Å². The van der Waals surface area contributed by atoms with E-state index < -0.39 is 10.0 Å². The van der Waals surface area contributed by atoms with E-state index in [0.29, 0.717) is 33.1 Å². The van der Waals surface area contributed by atoms with Gasteiger partial charge in [0.25, 0.3) is 0 Å². The molecule has 2 aliphatic rings. The smallest absolute Gasteiger partial charge is 0.243 e. The summed E-state index contributed by atoms with van der Waals surface area (Å²) in [4.78, 5) is 0.349. The lowest BCUT2D eigenvalue weighted by Gasteiger charge is -2.37. The van der Waals surface area contributed by atoms with Crippen LogP contribution >= 0.6 is 15.9 Å². The van der Waals surface area contributed by atoms with Crippen molar-refractivity contribution in [1.29, 1.82) is 0 Å². The number of benzene rings is 1. The first kappa shape index (κ1) is 15.3. The summed E-state index contributed by atoms with van der Waals surface area (Å²) < 4.78 is 28.7. The number of anilines is 1. The Kier molecular flexibility index (Phi) is 4.05. The zero-order chi connectivity index (χ0) is 15.2. The summed E-state index contributed by atoms with van der Waals surface area (Å²) in [5.74, 6) is 0.540. The lowest BCUT2D eigenvalue weighted by molar-refractivity contribution is 0.202. The second kappa shape index (κ2) is 5.56. The molecule has 2 fully saturated rings. The summed E-state index contributed by atoms with van der Waals surface area (Å²) in [6.45, 7) is 2.42. The minimum Gasteiger partial charge on any atom is -0.398 e. The molecule has 4 nitrogen and oxygen atoms in total. The van der Waals surface area contributed by atoms with Crippen molar-refractivity contribution in [2.75, 3.05) is 12.3 Å². The molecule has 21 heavy (non-hydrogen) atoms. The van der Waals surface area contributed by atoms with Gasteiger partial charge in [0.1, 0.15) is 0 Å². The van der Waals surface area contributed by atoms with Crippen LogP contribution in [-0.4, -0.2) is 25.3 Å². The van der Waals surface area contributed by atoms with Gasteiger partial charge in [0.05, 0.1) is 4.90 Å². The van der Waals surface area contributed by atoms with Crippen molar-refractivity contribution in [3.63, 3.8) is 0 Å². The molecule has 2 atom stereocenters. The van der Waals surface area contributed by atoms with Crippen molar-refractivity contribution in [3.05, 3.63) is 22.2 Å². The van der Waals surface area contributed by atoms with Crippen LogP contribution in [0.1, 0.15) is 37.7 Å². The minimum atomic E-state index is -3.47. The first-order valence-electron chi connectivity index (χ1n) is 7.48. The van der Waals surface area contributed by atoms with Crippen LogP contribution in [0, 0.1) is 12.8 Å². The van der Waals surface area contributed by atoms with Gasteiger partial charge in [-0.3, -0.25) is 0 Å². The number of sulfonamides is 1. The molecule has 3 rings (SSSR count). The highest BCUT2D eigenvalue weighted by Gasteiger charge is 2.41. The fourth-order valence-corrected chi connectivity index (χ4v) is 6.44. The average Bonchev–Trinajstić information content (AvgIpc) is 2.90. The van der Waals surface area contributed by atoms with E-state index in [1.54, 1.807) is 23.4 Å². The van der Waals surface area contributed by atoms with E-state index in [4.69, 9.17) is 5.73 Å². The van der Waals surface area contributed by atoms with Crippen LogP contribution in [0.15, 0.2) is 21.5 Å². The molecular weight excluding hydrogens is 352 g/mol. The fraction of sp³-hybridized carbons (Fsp3) is 0.600. The van der Waals surface area contributed by atoms with Gasteiger partial charge in [0.15, 0.2) is 0 Å². The molecule has 1 saturated carbocycles. The summed E-state index contributed by atoms with van der Waals surface area (Å²) in [6, 6.07) is 3.62. The third-order valence-electron chi connectivity index (χ3n) is 4.89. The van der Waals surface area contributed by atoms with Crippen LogP contribution in [-0.2, 0) is 10.0 Å². The molecule has 1 aliphatic carbocycles. The highest BCUT2D eigenvalue weighted by molar-refractivity contribution is 9.10. The molecule has 1 saturated heterocycles. The number of nitrogens with zero attached hydrogens (tertiary/aromatic N) is 1. The molecule has 1 heterocycles. The molecule has 0 aromatic heterocycles. The quantitative estimate of drug-likeness (QED) is 0.810. The zero-order valence-electron chi connectivity index (χ0n) is 12.2. The van der Waals surface area contributed by atoms with Crippen molar-refractivity contribution in [1.82, 2.24) is 4.31 Å². The van der Waals surface area contributed by atoms with Crippen molar-refractivity contribution in [3.8, 4) is 0 Å². The number of fused-ring (bicyclic) bond motifs is 1. The normalized spacial score (nSPS) is 26.8. The zero-order valence-corrected chi connectivity index (χ0v) is 14.6. The standard InChI is InChI=1S/C15H21BrN2O2S/c1-10-13(17)8-12(16)9-15(10)21(19,20)18-7-3-5-11-4-2-6-14(11)18/h8-9,11,14H,2-7,17H2,1H3. The van der Waals surface area contributed by atoms with Crippen LogP contribution in [0.3, 0.4) is 0 Å². The maximum atomic E-state index is 13.1. The Morgan fingerprint density at radius 1 is 1.24 bits per heavy atom. The van der Waals surface area contributed by atoms with Gasteiger partial charge in [-0.05, 0) is 56.2 Å². The van der Waals surface area contributed by atoms with Gasteiger partial charge < -0.3 is 5.73 Å². The molecule has 1 aromatic carbocycles. The van der Waals surface area contributed by atoms with Gasteiger partial charge in [-0.2, -0.15) is 4.31 Å². The van der Waals surface area contributed by atoms with Gasteiger partial charge in [0, 0.05) is 22.7 Å². The second-order valence-corrected chi connectivity index (χ2v) is 8.91. The molecule has 1 aromatic rings. The molecule has 116 valence electrons. The van der Waals surface area contributed by atoms with E-state index in [-0.39, 0.29) is 6.04 Å². The van der Waals surface area contributed by atoms with Crippen molar-refractivity contribution in [2.24, 2.45) is 5.92 Å². The van der Waals surface area contributed by atoms with Crippen LogP contribution in [0.2, 0.25) is 0 Å². The van der Waals surface area contributed by atoms with E-state index in [1.165, 1.54) is 0 Å². The molecule has 0 bridgehead atoms. The number of hydrogen-bond donors (Lipinski definition) is 1. The molecule has 2 N–H and O–H groups in total. The Bertz CT molecular complexity index is 660.